The van der Waals surface area contributed by atoms with E-state index in [9.17, 15) is 9.59 Å². The van der Waals surface area contributed by atoms with Crippen LogP contribution in [-0.2, 0) is 4.79 Å². The Balaban J connectivity index is 2.11. The van der Waals surface area contributed by atoms with Gasteiger partial charge >= 0.3 is 5.97 Å². The number of carbonyl (C=O) groups is 1. The molecule has 0 bridgehead atoms. The molecule has 0 spiro atoms. The molecule has 0 aliphatic rings. The molecule has 0 fully saturated rings. The highest BCUT2D eigenvalue weighted by atomic mass is 79.9. The second-order valence-electron chi connectivity index (χ2n) is 7.66. The number of carboxylic acids is 1. The summed E-state index contributed by atoms with van der Waals surface area (Å²) in [6, 6.07) is 8.55. The average molecular weight is 551 g/mol. The molecule has 1 aromatic heterocycles. The Labute approximate surface area is 210 Å². The molecule has 34 heavy (non-hydrogen) atoms. The van der Waals surface area contributed by atoms with Crippen LogP contribution in [0.25, 0.3) is 10.9 Å². The van der Waals surface area contributed by atoms with Crippen LogP contribution in [0.2, 0.25) is 5.02 Å². The SMILES string of the molecule is CCOc1cc(C=Nn2c([C@@H](C)CC)nc3ccc(Br)cc3c2=O)cc(Cl)c1O[C@@H](C)C(=O)O. The summed E-state index contributed by atoms with van der Waals surface area (Å²) in [5, 5.41) is 14.2. The molecule has 3 rings (SSSR count). The second-order valence-corrected chi connectivity index (χ2v) is 8.99. The van der Waals surface area contributed by atoms with Crippen molar-refractivity contribution in [2.24, 2.45) is 5.10 Å². The Bertz CT molecular complexity index is 1310. The summed E-state index contributed by atoms with van der Waals surface area (Å²) >= 11 is 9.79. The number of carboxylic acid groups (broad SMARTS) is 1. The summed E-state index contributed by atoms with van der Waals surface area (Å²) < 4.78 is 13.2. The van der Waals surface area contributed by atoms with Crippen molar-refractivity contribution in [3.63, 3.8) is 0 Å². The van der Waals surface area contributed by atoms with Gasteiger partial charge in [0.05, 0.1) is 28.7 Å². The Hall–Kier alpha value is -2.91. The Kier molecular flexibility index (Phi) is 8.33. The smallest absolute Gasteiger partial charge is 0.344 e. The lowest BCUT2D eigenvalue weighted by molar-refractivity contribution is -0.144. The average Bonchev–Trinajstić information content (AvgIpc) is 2.80. The molecule has 0 saturated heterocycles. The molecule has 0 amide bonds. The molecule has 2 aromatic carbocycles. The zero-order chi connectivity index (χ0) is 25.0. The molecule has 1 heterocycles. The molecule has 0 aliphatic carbocycles. The molecule has 0 unspecified atom stereocenters. The van der Waals surface area contributed by atoms with E-state index >= 15 is 0 Å². The third-order valence-corrected chi connectivity index (χ3v) is 5.96. The lowest BCUT2D eigenvalue weighted by Gasteiger charge is -2.17. The predicted molar refractivity (Wildman–Crippen MR) is 136 cm³/mol. The van der Waals surface area contributed by atoms with Crippen molar-refractivity contribution in [1.82, 2.24) is 9.66 Å². The monoisotopic (exact) mass is 549 g/mol. The maximum absolute atomic E-state index is 13.3. The molecule has 0 radical (unpaired) electrons. The predicted octanol–water partition coefficient (Wildman–Crippen LogP) is 5.46. The van der Waals surface area contributed by atoms with Crippen LogP contribution in [-0.4, -0.2) is 39.7 Å². The van der Waals surface area contributed by atoms with Crippen LogP contribution in [0.1, 0.15) is 51.4 Å². The lowest BCUT2D eigenvalue weighted by Crippen LogP contribution is -2.24. The largest absolute Gasteiger partial charge is 0.490 e. The third-order valence-electron chi connectivity index (χ3n) is 5.18. The molecule has 0 saturated carbocycles. The van der Waals surface area contributed by atoms with Crippen LogP contribution in [0, 0.1) is 0 Å². The van der Waals surface area contributed by atoms with E-state index in [4.69, 9.17) is 26.2 Å². The summed E-state index contributed by atoms with van der Waals surface area (Å²) in [4.78, 5) is 29.2. The Morgan fingerprint density at radius 3 is 2.68 bits per heavy atom. The van der Waals surface area contributed by atoms with Gasteiger partial charge in [0.1, 0.15) is 5.82 Å². The zero-order valence-corrected chi connectivity index (χ0v) is 21.6. The fraction of sp³-hybridized carbons (Fsp3) is 0.333. The van der Waals surface area contributed by atoms with Crippen LogP contribution >= 0.6 is 27.5 Å². The van der Waals surface area contributed by atoms with Gasteiger partial charge in [-0.05, 0) is 56.2 Å². The van der Waals surface area contributed by atoms with E-state index in [0.29, 0.717) is 28.9 Å². The molecule has 1 N–H and O–H groups in total. The van der Waals surface area contributed by atoms with E-state index < -0.39 is 12.1 Å². The van der Waals surface area contributed by atoms with Crippen LogP contribution in [0.3, 0.4) is 0 Å². The lowest BCUT2D eigenvalue weighted by atomic mass is 10.1. The van der Waals surface area contributed by atoms with Gasteiger partial charge in [-0.3, -0.25) is 4.79 Å². The van der Waals surface area contributed by atoms with Gasteiger partial charge in [0, 0.05) is 10.4 Å². The highest BCUT2D eigenvalue weighted by Crippen LogP contribution is 2.37. The molecular formula is C24H25BrClN3O5. The number of hydrogen-bond donors (Lipinski definition) is 1. The molecule has 0 aliphatic heterocycles. The summed E-state index contributed by atoms with van der Waals surface area (Å²) in [7, 11) is 0. The summed E-state index contributed by atoms with van der Waals surface area (Å²) in [5.41, 5.74) is 0.856. The van der Waals surface area contributed by atoms with Crippen molar-refractivity contribution in [1.29, 1.82) is 0 Å². The van der Waals surface area contributed by atoms with Gasteiger partial charge in [-0.2, -0.15) is 9.78 Å². The molecule has 10 heteroatoms. The van der Waals surface area contributed by atoms with Crippen molar-refractivity contribution in [3.8, 4) is 11.5 Å². The van der Waals surface area contributed by atoms with Gasteiger partial charge in [-0.25, -0.2) is 9.78 Å². The van der Waals surface area contributed by atoms with E-state index in [-0.39, 0.29) is 28.0 Å². The van der Waals surface area contributed by atoms with Gasteiger partial charge in [0.15, 0.2) is 17.6 Å². The quantitative estimate of drug-likeness (QED) is 0.355. The minimum atomic E-state index is -1.13. The molecule has 180 valence electrons. The van der Waals surface area contributed by atoms with Crippen molar-refractivity contribution < 1.29 is 19.4 Å². The number of aromatic nitrogens is 2. The van der Waals surface area contributed by atoms with Crippen molar-refractivity contribution >= 4 is 50.6 Å². The van der Waals surface area contributed by atoms with Crippen molar-refractivity contribution in [3.05, 3.63) is 61.6 Å². The maximum Gasteiger partial charge on any atom is 0.344 e. The van der Waals surface area contributed by atoms with E-state index in [1.807, 2.05) is 19.9 Å². The minimum absolute atomic E-state index is 0.00578. The fourth-order valence-electron chi connectivity index (χ4n) is 3.17. The number of halogens is 2. The molecule has 3 aromatic rings. The van der Waals surface area contributed by atoms with Gasteiger partial charge in [-0.1, -0.05) is 41.4 Å². The second kappa shape index (κ2) is 11.0. The van der Waals surface area contributed by atoms with Crippen molar-refractivity contribution in [2.45, 2.75) is 46.1 Å². The summed E-state index contributed by atoms with van der Waals surface area (Å²) in [5.74, 6) is -0.180. The number of benzene rings is 2. The minimum Gasteiger partial charge on any atom is -0.490 e. The number of hydrogen-bond acceptors (Lipinski definition) is 6. The number of ether oxygens (including phenoxy) is 2. The van der Waals surface area contributed by atoms with Crippen LogP contribution < -0.4 is 15.0 Å². The molecule has 2 atom stereocenters. The van der Waals surface area contributed by atoms with Crippen molar-refractivity contribution in [2.75, 3.05) is 6.61 Å². The summed E-state index contributed by atoms with van der Waals surface area (Å²) in [6.07, 6.45) is 1.14. The Morgan fingerprint density at radius 1 is 1.29 bits per heavy atom. The topological polar surface area (TPSA) is 103 Å². The van der Waals surface area contributed by atoms with Crippen LogP contribution in [0.4, 0.5) is 0 Å². The zero-order valence-electron chi connectivity index (χ0n) is 19.2. The highest BCUT2D eigenvalue weighted by Gasteiger charge is 2.20. The molecular weight excluding hydrogens is 526 g/mol. The first-order valence-electron chi connectivity index (χ1n) is 10.8. The van der Waals surface area contributed by atoms with Crippen LogP contribution in [0.15, 0.2) is 44.7 Å². The molecule has 8 nitrogen and oxygen atoms in total. The summed E-state index contributed by atoms with van der Waals surface area (Å²) in [6.45, 7) is 7.50. The standard InChI is InChI=1S/C24H25BrClN3O5/c1-5-13(3)22-28-19-8-7-16(25)11-17(19)23(30)29(22)27-12-15-9-18(26)21(20(10-15)33-6-2)34-14(4)24(31)32/h7-14H,5-6H2,1-4H3,(H,31,32)/t13-,14-/m0/s1. The third kappa shape index (κ3) is 5.59. The van der Waals surface area contributed by atoms with E-state index in [2.05, 4.69) is 26.0 Å². The van der Waals surface area contributed by atoms with Gasteiger partial charge < -0.3 is 14.6 Å². The maximum atomic E-state index is 13.3. The number of aliphatic carboxylic acids is 1. The van der Waals surface area contributed by atoms with Gasteiger partial charge in [0.25, 0.3) is 5.56 Å². The highest BCUT2D eigenvalue weighted by molar-refractivity contribution is 9.10. The first-order chi connectivity index (χ1) is 16.2. The van der Waals surface area contributed by atoms with Crippen LogP contribution in [0.5, 0.6) is 11.5 Å². The van der Waals surface area contributed by atoms with Gasteiger partial charge in [-0.15, -0.1) is 0 Å². The first-order valence-corrected chi connectivity index (χ1v) is 12.0. The van der Waals surface area contributed by atoms with Gasteiger partial charge in [0.2, 0.25) is 0 Å². The number of nitrogens with zero attached hydrogens (tertiary/aromatic N) is 3. The number of fused-ring (bicyclic) bond motifs is 1. The van der Waals surface area contributed by atoms with E-state index in [1.54, 1.807) is 31.2 Å². The first kappa shape index (κ1) is 25.7. The Morgan fingerprint density at radius 2 is 2.03 bits per heavy atom. The van der Waals surface area contributed by atoms with E-state index in [1.165, 1.54) is 17.8 Å². The fourth-order valence-corrected chi connectivity index (χ4v) is 3.80. The number of rotatable bonds is 9. The normalized spacial score (nSPS) is 13.2. The van der Waals surface area contributed by atoms with E-state index in [0.717, 1.165) is 10.9 Å².